The first-order valence-electron chi connectivity index (χ1n) is 7.61. The van der Waals surface area contributed by atoms with Crippen molar-refractivity contribution in [1.82, 2.24) is 9.88 Å². The quantitative estimate of drug-likeness (QED) is 0.735. The maximum Gasteiger partial charge on any atom is 0.335 e. The lowest BCUT2D eigenvalue weighted by Crippen LogP contribution is -2.34. The monoisotopic (exact) mass is 344 g/mol. The molecule has 0 aliphatic carbocycles. The molecule has 1 amide bonds. The number of benzene rings is 1. The van der Waals surface area contributed by atoms with E-state index < -0.39 is 29.6 Å². The maximum absolute atomic E-state index is 12.4. The first kappa shape index (κ1) is 16.7. The van der Waals surface area contributed by atoms with Gasteiger partial charge in [0.25, 0.3) is 11.5 Å². The van der Waals surface area contributed by atoms with Gasteiger partial charge in [-0.2, -0.15) is 0 Å². The molecular formula is C17H16N2O6. The second kappa shape index (κ2) is 6.78. The van der Waals surface area contributed by atoms with Gasteiger partial charge in [0.05, 0.1) is 18.7 Å². The Morgan fingerprint density at radius 3 is 2.52 bits per heavy atom. The molecule has 3 N–H and O–H groups in total. The van der Waals surface area contributed by atoms with E-state index in [9.17, 15) is 19.5 Å². The summed E-state index contributed by atoms with van der Waals surface area (Å²) in [5.41, 5.74) is -0.365. The standard InChI is InChI=1S/C17H16N2O6/c20-13-8-19(16(22)12-2-1-7-18-15(12)21)9-14(13)25-11-5-3-10(4-6-11)17(23)24/h1-7,13-14,20H,8-9H2,(H,18,21)(H,23,24)/t13-,14-/m1/s1. The molecule has 0 saturated carbocycles. The molecule has 1 aromatic carbocycles. The van der Waals surface area contributed by atoms with E-state index in [2.05, 4.69) is 4.98 Å². The number of aromatic amines is 1. The molecule has 25 heavy (non-hydrogen) atoms. The van der Waals surface area contributed by atoms with Crippen LogP contribution in [0.3, 0.4) is 0 Å². The number of β-amino-alcohol motifs (C(OH)–C–C–N with tert-alkyl or cyclic N) is 1. The second-order valence-corrected chi connectivity index (χ2v) is 5.68. The summed E-state index contributed by atoms with van der Waals surface area (Å²) in [4.78, 5) is 38.7. The number of hydrogen-bond donors (Lipinski definition) is 3. The average Bonchev–Trinajstić information content (AvgIpc) is 2.96. The average molecular weight is 344 g/mol. The molecule has 0 bridgehead atoms. The molecule has 1 aliphatic rings. The number of amides is 1. The van der Waals surface area contributed by atoms with Crippen molar-refractivity contribution in [3.63, 3.8) is 0 Å². The van der Waals surface area contributed by atoms with Crippen molar-refractivity contribution in [3.8, 4) is 5.75 Å². The summed E-state index contributed by atoms with van der Waals surface area (Å²) in [7, 11) is 0. The van der Waals surface area contributed by atoms with E-state index in [0.717, 1.165) is 0 Å². The molecule has 1 aliphatic heterocycles. The third-order valence-electron chi connectivity index (χ3n) is 3.96. The van der Waals surface area contributed by atoms with Crippen molar-refractivity contribution in [3.05, 3.63) is 64.1 Å². The van der Waals surface area contributed by atoms with Gasteiger partial charge in [0.2, 0.25) is 0 Å². The number of carboxylic acids is 1. The van der Waals surface area contributed by atoms with Gasteiger partial charge in [0.15, 0.2) is 0 Å². The highest BCUT2D eigenvalue weighted by molar-refractivity contribution is 5.94. The first-order chi connectivity index (χ1) is 12.0. The van der Waals surface area contributed by atoms with Crippen LogP contribution in [0.15, 0.2) is 47.4 Å². The Balaban J connectivity index is 1.69. The van der Waals surface area contributed by atoms with Gasteiger partial charge < -0.3 is 24.8 Å². The number of nitrogens with one attached hydrogen (secondary N) is 1. The van der Waals surface area contributed by atoms with Crippen LogP contribution in [-0.2, 0) is 0 Å². The molecule has 8 heteroatoms. The second-order valence-electron chi connectivity index (χ2n) is 5.68. The molecule has 2 aromatic rings. The van der Waals surface area contributed by atoms with Gasteiger partial charge in [-0.05, 0) is 36.4 Å². The smallest absolute Gasteiger partial charge is 0.335 e. The minimum Gasteiger partial charge on any atom is -0.486 e. The summed E-state index contributed by atoms with van der Waals surface area (Å²) in [5, 5.41) is 19.0. The Morgan fingerprint density at radius 1 is 1.16 bits per heavy atom. The summed E-state index contributed by atoms with van der Waals surface area (Å²) in [5.74, 6) is -1.13. The van der Waals surface area contributed by atoms with Crippen LogP contribution in [0.1, 0.15) is 20.7 Å². The van der Waals surface area contributed by atoms with E-state index in [1.165, 1.54) is 41.4 Å². The van der Waals surface area contributed by atoms with Gasteiger partial charge in [-0.1, -0.05) is 0 Å². The summed E-state index contributed by atoms with van der Waals surface area (Å²) in [6.45, 7) is 0.167. The number of carbonyl (C=O) groups is 2. The molecule has 0 radical (unpaired) electrons. The van der Waals surface area contributed by atoms with Gasteiger partial charge in [0, 0.05) is 6.20 Å². The van der Waals surface area contributed by atoms with Crippen LogP contribution in [0.2, 0.25) is 0 Å². The zero-order valence-corrected chi connectivity index (χ0v) is 13.1. The van der Waals surface area contributed by atoms with Crippen LogP contribution >= 0.6 is 0 Å². The molecule has 1 saturated heterocycles. The fourth-order valence-corrected chi connectivity index (χ4v) is 2.65. The van der Waals surface area contributed by atoms with Crippen LogP contribution in [0.4, 0.5) is 0 Å². The lowest BCUT2D eigenvalue weighted by atomic mass is 10.2. The Kier molecular flexibility index (Phi) is 4.53. The van der Waals surface area contributed by atoms with Gasteiger partial charge >= 0.3 is 5.97 Å². The zero-order chi connectivity index (χ0) is 18.0. The van der Waals surface area contributed by atoms with Crippen molar-refractivity contribution in [2.24, 2.45) is 0 Å². The van der Waals surface area contributed by atoms with E-state index in [1.807, 2.05) is 0 Å². The normalized spacial score (nSPS) is 19.6. The minimum atomic E-state index is -1.04. The van der Waals surface area contributed by atoms with Crippen molar-refractivity contribution < 1.29 is 24.5 Å². The SMILES string of the molecule is O=C(O)c1ccc(O[C@@H]2CN(C(=O)c3ccc[nH]c3=O)C[C@H]2O)cc1. The molecule has 3 rings (SSSR count). The molecular weight excluding hydrogens is 328 g/mol. The topological polar surface area (TPSA) is 120 Å². The van der Waals surface area contributed by atoms with Gasteiger partial charge in [0.1, 0.15) is 23.5 Å². The number of aliphatic hydroxyl groups is 1. The number of aliphatic hydroxyl groups excluding tert-OH is 1. The maximum atomic E-state index is 12.4. The molecule has 2 heterocycles. The Labute approximate surface area is 142 Å². The number of likely N-dealkylation sites (tertiary alicyclic amines) is 1. The van der Waals surface area contributed by atoms with Crippen molar-refractivity contribution in [2.75, 3.05) is 13.1 Å². The summed E-state index contributed by atoms with van der Waals surface area (Å²) < 4.78 is 5.65. The van der Waals surface area contributed by atoms with Gasteiger partial charge in [-0.3, -0.25) is 9.59 Å². The van der Waals surface area contributed by atoms with Crippen molar-refractivity contribution in [1.29, 1.82) is 0 Å². The number of rotatable bonds is 4. The number of ether oxygens (including phenoxy) is 1. The number of pyridine rings is 1. The lowest BCUT2D eigenvalue weighted by molar-refractivity contribution is 0.0693. The third-order valence-corrected chi connectivity index (χ3v) is 3.96. The van der Waals surface area contributed by atoms with E-state index in [4.69, 9.17) is 9.84 Å². The molecule has 1 aromatic heterocycles. The van der Waals surface area contributed by atoms with Crippen LogP contribution in [0, 0.1) is 0 Å². The largest absolute Gasteiger partial charge is 0.486 e. The number of aromatic carboxylic acids is 1. The molecule has 130 valence electrons. The third kappa shape index (κ3) is 3.53. The fourth-order valence-electron chi connectivity index (χ4n) is 2.65. The van der Waals surface area contributed by atoms with Crippen LogP contribution < -0.4 is 10.3 Å². The summed E-state index contributed by atoms with van der Waals surface area (Å²) in [6, 6.07) is 8.74. The number of H-pyrrole nitrogens is 1. The van der Waals surface area contributed by atoms with Gasteiger partial charge in [-0.25, -0.2) is 4.79 Å². The molecule has 0 spiro atoms. The minimum absolute atomic E-state index is 0.00108. The number of carboxylic acid groups (broad SMARTS) is 1. The Bertz CT molecular complexity index is 845. The molecule has 8 nitrogen and oxygen atoms in total. The Morgan fingerprint density at radius 2 is 1.88 bits per heavy atom. The van der Waals surface area contributed by atoms with E-state index in [0.29, 0.717) is 5.75 Å². The highest BCUT2D eigenvalue weighted by Crippen LogP contribution is 2.20. The Hall–Kier alpha value is -3.13. The number of aromatic nitrogens is 1. The van der Waals surface area contributed by atoms with Crippen LogP contribution in [-0.4, -0.2) is 57.3 Å². The van der Waals surface area contributed by atoms with Crippen molar-refractivity contribution >= 4 is 11.9 Å². The highest BCUT2D eigenvalue weighted by atomic mass is 16.5. The predicted octanol–water partition coefficient (Wildman–Crippen LogP) is 0.337. The summed E-state index contributed by atoms with van der Waals surface area (Å²) in [6.07, 6.45) is -0.140. The first-order valence-corrected chi connectivity index (χ1v) is 7.61. The number of hydrogen-bond acceptors (Lipinski definition) is 5. The molecule has 2 atom stereocenters. The highest BCUT2D eigenvalue weighted by Gasteiger charge is 2.36. The van der Waals surface area contributed by atoms with Crippen LogP contribution in [0.25, 0.3) is 0 Å². The van der Waals surface area contributed by atoms with Crippen molar-refractivity contribution in [2.45, 2.75) is 12.2 Å². The fraction of sp³-hybridized carbons (Fsp3) is 0.235. The zero-order valence-electron chi connectivity index (χ0n) is 13.1. The van der Waals surface area contributed by atoms with E-state index in [-0.39, 0.29) is 24.2 Å². The summed E-state index contributed by atoms with van der Waals surface area (Å²) >= 11 is 0. The predicted molar refractivity (Wildman–Crippen MR) is 86.8 cm³/mol. The molecule has 1 fully saturated rings. The molecule has 0 unspecified atom stereocenters. The number of carbonyl (C=O) groups excluding carboxylic acids is 1. The van der Waals surface area contributed by atoms with Gasteiger partial charge in [-0.15, -0.1) is 0 Å². The lowest BCUT2D eigenvalue weighted by Gasteiger charge is -2.17. The van der Waals surface area contributed by atoms with E-state index >= 15 is 0 Å². The number of nitrogens with zero attached hydrogens (tertiary/aromatic N) is 1. The van der Waals surface area contributed by atoms with E-state index in [1.54, 1.807) is 6.07 Å². The van der Waals surface area contributed by atoms with Crippen LogP contribution in [0.5, 0.6) is 5.75 Å².